The Labute approximate surface area is 50.9 Å². The van der Waals surface area contributed by atoms with Crippen LogP contribution in [0.3, 0.4) is 0 Å². The van der Waals surface area contributed by atoms with Gasteiger partial charge in [-0.25, -0.2) is 0 Å². The van der Waals surface area contributed by atoms with Crippen molar-refractivity contribution in [2.24, 2.45) is 5.41 Å². The quantitative estimate of drug-likeness (QED) is 0.474. The fourth-order valence-electron chi connectivity index (χ4n) is 0.250. The minimum atomic E-state index is 0.391. The van der Waals surface area contributed by atoms with Gasteiger partial charge in [-0.05, 0) is 17.2 Å². The second-order valence-corrected chi connectivity index (χ2v) is 3.26. The van der Waals surface area contributed by atoms with Crippen molar-refractivity contribution >= 4 is 17.6 Å². The fourth-order valence-corrected chi connectivity index (χ4v) is 0.750. The van der Waals surface area contributed by atoms with Crippen molar-refractivity contribution in [2.75, 3.05) is 0 Å². The monoisotopic (exact) mass is 116 g/mol. The normalized spacial score (nSPS) is 11.3. The predicted octanol–water partition coefficient (Wildman–Crippen LogP) is 2.42. The molecule has 0 heterocycles. The zero-order valence-electron chi connectivity index (χ0n) is 5.19. The van der Waals surface area contributed by atoms with Crippen LogP contribution in [0.2, 0.25) is 0 Å². The Kier molecular flexibility index (Phi) is 2.44. The van der Waals surface area contributed by atoms with Crippen LogP contribution >= 0.6 is 12.2 Å². The lowest BCUT2D eigenvalue weighted by molar-refractivity contribution is 0.439. The molecule has 0 bridgehead atoms. The molecule has 0 N–H and O–H groups in total. The van der Waals surface area contributed by atoms with Crippen LogP contribution in [0, 0.1) is 5.41 Å². The highest BCUT2D eigenvalue weighted by molar-refractivity contribution is 7.78. The zero-order chi connectivity index (χ0) is 5.91. The van der Waals surface area contributed by atoms with Crippen LogP contribution in [0.1, 0.15) is 27.2 Å². The van der Waals surface area contributed by atoms with Crippen molar-refractivity contribution in [1.29, 1.82) is 0 Å². The van der Waals surface area contributed by atoms with Crippen molar-refractivity contribution in [3.63, 3.8) is 0 Å². The lowest BCUT2D eigenvalue weighted by Gasteiger charge is -2.12. The van der Waals surface area contributed by atoms with Crippen LogP contribution in [-0.4, -0.2) is 5.37 Å². The van der Waals surface area contributed by atoms with Crippen LogP contribution in [0.5, 0.6) is 0 Å². The topological polar surface area (TPSA) is 0 Å². The molecule has 0 aliphatic carbocycles. The van der Waals surface area contributed by atoms with E-state index in [1.165, 1.54) is 0 Å². The van der Waals surface area contributed by atoms with Gasteiger partial charge in [0.15, 0.2) is 0 Å². The Balaban J connectivity index is 3.34. The SMILES string of the molecule is CC(C)(C)CC=S. The Bertz CT molecular complexity index is 59.1. The van der Waals surface area contributed by atoms with Gasteiger partial charge in [-0.1, -0.05) is 33.0 Å². The number of hydrogen-bond acceptors (Lipinski definition) is 1. The third-order valence-electron chi connectivity index (χ3n) is 0.696. The summed E-state index contributed by atoms with van der Waals surface area (Å²) in [6, 6.07) is 0. The lowest BCUT2D eigenvalue weighted by Crippen LogP contribution is -2.03. The highest BCUT2D eigenvalue weighted by atomic mass is 32.1. The molecule has 0 aromatic rings. The van der Waals surface area contributed by atoms with Gasteiger partial charge in [-0.15, -0.1) is 0 Å². The molecular weight excluding hydrogens is 104 g/mol. The predicted molar refractivity (Wildman–Crippen MR) is 37.7 cm³/mol. The van der Waals surface area contributed by atoms with E-state index < -0.39 is 0 Å². The van der Waals surface area contributed by atoms with Crippen molar-refractivity contribution in [3.8, 4) is 0 Å². The van der Waals surface area contributed by atoms with E-state index in [-0.39, 0.29) is 0 Å². The first-order chi connectivity index (χ1) is 3.06. The van der Waals surface area contributed by atoms with Gasteiger partial charge in [0.05, 0.1) is 0 Å². The Morgan fingerprint density at radius 3 is 1.86 bits per heavy atom. The summed E-state index contributed by atoms with van der Waals surface area (Å²) in [4.78, 5) is 0. The van der Waals surface area contributed by atoms with Crippen molar-refractivity contribution < 1.29 is 0 Å². The summed E-state index contributed by atoms with van der Waals surface area (Å²) in [6.45, 7) is 6.53. The van der Waals surface area contributed by atoms with Crippen LogP contribution in [-0.2, 0) is 0 Å². The number of hydrogen-bond donors (Lipinski definition) is 0. The molecule has 0 saturated heterocycles. The average molecular weight is 116 g/mol. The molecular formula is C6H12S. The first-order valence-corrected chi connectivity index (χ1v) is 2.97. The molecule has 0 fully saturated rings. The summed E-state index contributed by atoms with van der Waals surface area (Å²) in [6.07, 6.45) is 1.03. The van der Waals surface area contributed by atoms with Gasteiger partial charge in [0.2, 0.25) is 0 Å². The van der Waals surface area contributed by atoms with E-state index >= 15 is 0 Å². The Morgan fingerprint density at radius 1 is 1.43 bits per heavy atom. The van der Waals surface area contributed by atoms with Gasteiger partial charge in [0.1, 0.15) is 0 Å². The maximum Gasteiger partial charge on any atom is -0.0196 e. The maximum atomic E-state index is 4.68. The molecule has 0 aromatic heterocycles. The summed E-state index contributed by atoms with van der Waals surface area (Å²) in [7, 11) is 0. The van der Waals surface area contributed by atoms with E-state index in [0.717, 1.165) is 6.42 Å². The maximum absolute atomic E-state index is 4.68. The van der Waals surface area contributed by atoms with Gasteiger partial charge in [0, 0.05) is 0 Å². The third-order valence-corrected chi connectivity index (χ3v) is 0.862. The number of rotatable bonds is 1. The summed E-state index contributed by atoms with van der Waals surface area (Å²) in [5.41, 5.74) is 0.391. The second kappa shape index (κ2) is 2.41. The van der Waals surface area contributed by atoms with Gasteiger partial charge >= 0.3 is 0 Å². The van der Waals surface area contributed by atoms with Crippen LogP contribution in [0.4, 0.5) is 0 Å². The van der Waals surface area contributed by atoms with Crippen molar-refractivity contribution in [2.45, 2.75) is 27.2 Å². The Hall–Kier alpha value is 0.0900. The minimum absolute atomic E-state index is 0.391. The summed E-state index contributed by atoms with van der Waals surface area (Å²) in [5, 5.41) is 1.79. The fraction of sp³-hybridized carbons (Fsp3) is 0.833. The molecule has 7 heavy (non-hydrogen) atoms. The van der Waals surface area contributed by atoms with Gasteiger partial charge in [-0.2, -0.15) is 0 Å². The first-order valence-electron chi connectivity index (χ1n) is 2.50. The summed E-state index contributed by atoms with van der Waals surface area (Å²) in [5.74, 6) is 0. The van der Waals surface area contributed by atoms with Crippen LogP contribution in [0.15, 0.2) is 0 Å². The summed E-state index contributed by atoms with van der Waals surface area (Å²) < 4.78 is 0. The first kappa shape index (κ1) is 7.09. The highest BCUT2D eigenvalue weighted by Crippen LogP contribution is 2.15. The number of thiocarbonyl (C=S) groups is 1. The summed E-state index contributed by atoms with van der Waals surface area (Å²) >= 11 is 4.68. The Morgan fingerprint density at radius 2 is 1.86 bits per heavy atom. The van der Waals surface area contributed by atoms with E-state index in [1.807, 2.05) is 0 Å². The van der Waals surface area contributed by atoms with E-state index in [1.54, 1.807) is 5.37 Å². The molecule has 0 unspecified atom stereocenters. The molecule has 0 rings (SSSR count). The minimum Gasteiger partial charge on any atom is -0.0935 e. The largest absolute Gasteiger partial charge is 0.0935 e. The van der Waals surface area contributed by atoms with Crippen molar-refractivity contribution in [1.82, 2.24) is 0 Å². The molecule has 42 valence electrons. The molecule has 0 spiro atoms. The molecule has 0 amide bonds. The van der Waals surface area contributed by atoms with Gasteiger partial charge in [-0.3, -0.25) is 0 Å². The molecule has 0 aliphatic rings. The van der Waals surface area contributed by atoms with Crippen molar-refractivity contribution in [3.05, 3.63) is 0 Å². The smallest absolute Gasteiger partial charge is 0.0196 e. The molecule has 0 aliphatic heterocycles. The molecule has 0 atom stereocenters. The lowest BCUT2D eigenvalue weighted by atomic mass is 9.94. The van der Waals surface area contributed by atoms with Crippen LogP contribution in [0.25, 0.3) is 0 Å². The van der Waals surface area contributed by atoms with E-state index in [4.69, 9.17) is 0 Å². The van der Waals surface area contributed by atoms with E-state index in [0.29, 0.717) is 5.41 Å². The van der Waals surface area contributed by atoms with E-state index in [9.17, 15) is 0 Å². The van der Waals surface area contributed by atoms with Crippen LogP contribution < -0.4 is 0 Å². The molecule has 0 aromatic carbocycles. The third kappa shape index (κ3) is 6.09. The standard InChI is InChI=1S/C6H12S/c1-6(2,3)4-5-7/h5H,4H2,1-3H3. The van der Waals surface area contributed by atoms with Gasteiger partial charge < -0.3 is 0 Å². The van der Waals surface area contributed by atoms with E-state index in [2.05, 4.69) is 33.0 Å². The molecule has 0 saturated carbocycles. The molecule has 0 nitrogen and oxygen atoms in total. The highest BCUT2D eigenvalue weighted by Gasteiger charge is 2.05. The zero-order valence-corrected chi connectivity index (χ0v) is 6.01. The molecule has 0 radical (unpaired) electrons. The second-order valence-electron chi connectivity index (χ2n) is 2.93. The average Bonchev–Trinajstić information content (AvgIpc) is 1.30. The molecule has 1 heteroatoms. The van der Waals surface area contributed by atoms with Gasteiger partial charge in [0.25, 0.3) is 0 Å².